The smallest absolute Gasteiger partial charge is 0.226 e. The number of amides is 1. The Labute approximate surface area is 109 Å². The van der Waals surface area contributed by atoms with Crippen molar-refractivity contribution >= 4 is 5.91 Å². The second kappa shape index (κ2) is 4.49. The van der Waals surface area contributed by atoms with Crippen molar-refractivity contribution in [2.75, 3.05) is 26.2 Å². The van der Waals surface area contributed by atoms with Gasteiger partial charge >= 0.3 is 0 Å². The molecule has 1 amide bonds. The number of carbonyl (C=O) groups is 1. The van der Waals surface area contributed by atoms with Gasteiger partial charge in [0.1, 0.15) is 0 Å². The number of hydrogen-bond acceptors (Lipinski definition) is 3. The van der Waals surface area contributed by atoms with Crippen molar-refractivity contribution in [2.24, 2.45) is 17.3 Å². The van der Waals surface area contributed by atoms with Gasteiger partial charge in [-0.25, -0.2) is 0 Å². The van der Waals surface area contributed by atoms with E-state index in [2.05, 4.69) is 12.2 Å². The molecule has 2 heterocycles. The van der Waals surface area contributed by atoms with Gasteiger partial charge in [0, 0.05) is 19.0 Å². The topological polar surface area (TPSA) is 52.6 Å². The molecule has 102 valence electrons. The van der Waals surface area contributed by atoms with Gasteiger partial charge in [0.15, 0.2) is 0 Å². The Balaban J connectivity index is 1.59. The predicted molar refractivity (Wildman–Crippen MR) is 69.0 cm³/mol. The third kappa shape index (κ3) is 2.05. The molecule has 3 rings (SSSR count). The lowest BCUT2D eigenvalue weighted by Gasteiger charge is -2.35. The van der Waals surface area contributed by atoms with E-state index in [1.54, 1.807) is 0 Å². The molecular weight excluding hydrogens is 228 g/mol. The first kappa shape index (κ1) is 12.4. The van der Waals surface area contributed by atoms with Crippen LogP contribution in [0, 0.1) is 17.3 Å². The monoisotopic (exact) mass is 252 g/mol. The highest BCUT2D eigenvalue weighted by atomic mass is 16.3. The Kier molecular flexibility index (Phi) is 3.10. The lowest BCUT2D eigenvalue weighted by molar-refractivity contribution is -0.137. The fourth-order valence-electron chi connectivity index (χ4n) is 3.64. The van der Waals surface area contributed by atoms with Crippen LogP contribution in [-0.2, 0) is 4.79 Å². The van der Waals surface area contributed by atoms with E-state index in [1.807, 2.05) is 4.90 Å². The molecule has 0 aromatic heterocycles. The first-order chi connectivity index (χ1) is 8.62. The summed E-state index contributed by atoms with van der Waals surface area (Å²) < 4.78 is 0. The Morgan fingerprint density at radius 1 is 1.39 bits per heavy atom. The molecule has 2 aliphatic heterocycles. The molecule has 2 saturated heterocycles. The van der Waals surface area contributed by atoms with Crippen LogP contribution in [0.15, 0.2) is 0 Å². The van der Waals surface area contributed by atoms with Crippen molar-refractivity contribution in [2.45, 2.75) is 38.7 Å². The van der Waals surface area contributed by atoms with Crippen molar-refractivity contribution in [3.63, 3.8) is 0 Å². The second-order valence-corrected chi connectivity index (χ2v) is 6.49. The summed E-state index contributed by atoms with van der Waals surface area (Å²) in [6, 6.07) is 0. The SMILES string of the molecule is CC1CCN(C(=O)C2CC23CCNCC3)CC1O. The van der Waals surface area contributed by atoms with Crippen molar-refractivity contribution in [3.8, 4) is 0 Å². The molecule has 0 aromatic carbocycles. The zero-order valence-electron chi connectivity index (χ0n) is 11.2. The molecule has 1 spiro atoms. The Morgan fingerprint density at radius 2 is 2.11 bits per heavy atom. The Bertz CT molecular complexity index is 333. The maximum atomic E-state index is 12.5. The first-order valence-electron chi connectivity index (χ1n) is 7.30. The van der Waals surface area contributed by atoms with Crippen molar-refractivity contribution in [3.05, 3.63) is 0 Å². The minimum Gasteiger partial charge on any atom is -0.391 e. The van der Waals surface area contributed by atoms with E-state index >= 15 is 0 Å². The van der Waals surface area contributed by atoms with Gasteiger partial charge in [0.25, 0.3) is 0 Å². The summed E-state index contributed by atoms with van der Waals surface area (Å²) in [7, 11) is 0. The highest BCUT2D eigenvalue weighted by Crippen LogP contribution is 2.59. The average molecular weight is 252 g/mol. The van der Waals surface area contributed by atoms with Crippen molar-refractivity contribution in [1.82, 2.24) is 10.2 Å². The van der Waals surface area contributed by atoms with Crippen molar-refractivity contribution < 1.29 is 9.90 Å². The van der Waals surface area contributed by atoms with E-state index in [9.17, 15) is 9.90 Å². The maximum Gasteiger partial charge on any atom is 0.226 e. The number of aliphatic hydroxyl groups excluding tert-OH is 1. The van der Waals surface area contributed by atoms with Gasteiger partial charge in [-0.05, 0) is 50.1 Å². The summed E-state index contributed by atoms with van der Waals surface area (Å²) in [6.07, 6.45) is 3.99. The van der Waals surface area contributed by atoms with E-state index in [-0.39, 0.29) is 12.0 Å². The molecule has 0 radical (unpaired) electrons. The number of β-amino-alcohol motifs (C(OH)–C–C–N with tert-alkyl or cyclic N) is 1. The minimum absolute atomic E-state index is 0.250. The van der Waals surface area contributed by atoms with Gasteiger partial charge in [0.2, 0.25) is 5.91 Å². The lowest BCUT2D eigenvalue weighted by Crippen LogP contribution is -2.47. The number of piperidine rings is 2. The molecule has 4 nitrogen and oxygen atoms in total. The van der Waals surface area contributed by atoms with Crippen LogP contribution < -0.4 is 5.32 Å². The van der Waals surface area contributed by atoms with Crippen LogP contribution >= 0.6 is 0 Å². The van der Waals surface area contributed by atoms with Crippen LogP contribution in [0.4, 0.5) is 0 Å². The molecule has 3 aliphatic rings. The fourth-order valence-corrected chi connectivity index (χ4v) is 3.64. The van der Waals surface area contributed by atoms with E-state index in [0.717, 1.165) is 45.3 Å². The minimum atomic E-state index is -0.328. The molecular formula is C14H24N2O2. The van der Waals surface area contributed by atoms with Gasteiger partial charge in [0.05, 0.1) is 6.10 Å². The van der Waals surface area contributed by atoms with Gasteiger partial charge in [-0.15, -0.1) is 0 Å². The highest BCUT2D eigenvalue weighted by Gasteiger charge is 2.58. The standard InChI is InChI=1S/C14H24N2O2/c1-10-2-7-16(9-12(10)17)13(18)11-8-14(11)3-5-15-6-4-14/h10-12,15,17H,2-9H2,1H3. The lowest BCUT2D eigenvalue weighted by atomic mass is 9.90. The number of aliphatic hydroxyl groups is 1. The number of carbonyl (C=O) groups excluding carboxylic acids is 1. The van der Waals surface area contributed by atoms with Crippen LogP contribution in [0.5, 0.6) is 0 Å². The van der Waals surface area contributed by atoms with Gasteiger partial charge in [-0.2, -0.15) is 0 Å². The molecule has 4 heteroatoms. The van der Waals surface area contributed by atoms with E-state index in [1.165, 1.54) is 0 Å². The molecule has 0 bridgehead atoms. The largest absolute Gasteiger partial charge is 0.391 e. The van der Waals surface area contributed by atoms with E-state index < -0.39 is 0 Å². The molecule has 3 atom stereocenters. The summed E-state index contributed by atoms with van der Waals surface area (Å²) in [6.45, 7) is 5.57. The predicted octanol–water partition coefficient (Wildman–Crippen LogP) is 0.605. The quantitative estimate of drug-likeness (QED) is 0.719. The van der Waals surface area contributed by atoms with Gasteiger partial charge < -0.3 is 15.3 Å². The average Bonchev–Trinajstić information content (AvgIpc) is 3.06. The summed E-state index contributed by atoms with van der Waals surface area (Å²) in [5.74, 6) is 0.893. The number of rotatable bonds is 1. The zero-order chi connectivity index (χ0) is 12.8. The zero-order valence-corrected chi connectivity index (χ0v) is 11.2. The summed E-state index contributed by atoms with van der Waals surface area (Å²) in [5, 5.41) is 13.3. The number of nitrogens with zero attached hydrogens (tertiary/aromatic N) is 1. The maximum absolute atomic E-state index is 12.5. The molecule has 1 saturated carbocycles. The third-order valence-corrected chi connectivity index (χ3v) is 5.32. The number of likely N-dealkylation sites (tertiary alicyclic amines) is 1. The fraction of sp³-hybridized carbons (Fsp3) is 0.929. The van der Waals surface area contributed by atoms with E-state index in [4.69, 9.17) is 0 Å². The molecule has 3 fully saturated rings. The number of hydrogen-bond donors (Lipinski definition) is 2. The van der Waals surface area contributed by atoms with Crippen LogP contribution in [0.25, 0.3) is 0 Å². The molecule has 0 aromatic rings. The Hall–Kier alpha value is -0.610. The molecule has 3 unspecified atom stereocenters. The van der Waals surface area contributed by atoms with Gasteiger partial charge in [-0.3, -0.25) is 4.79 Å². The third-order valence-electron chi connectivity index (χ3n) is 5.32. The normalized spacial score (nSPS) is 38.8. The first-order valence-corrected chi connectivity index (χ1v) is 7.30. The van der Waals surface area contributed by atoms with Crippen LogP contribution in [0.1, 0.15) is 32.6 Å². The molecule has 18 heavy (non-hydrogen) atoms. The van der Waals surface area contributed by atoms with Crippen LogP contribution in [-0.4, -0.2) is 48.2 Å². The summed E-state index contributed by atoms with van der Waals surface area (Å²) in [5.41, 5.74) is 0.316. The second-order valence-electron chi connectivity index (χ2n) is 6.49. The van der Waals surface area contributed by atoms with Crippen LogP contribution in [0.3, 0.4) is 0 Å². The highest BCUT2D eigenvalue weighted by molar-refractivity contribution is 5.83. The van der Waals surface area contributed by atoms with E-state index in [0.29, 0.717) is 23.8 Å². The van der Waals surface area contributed by atoms with Crippen LogP contribution in [0.2, 0.25) is 0 Å². The Morgan fingerprint density at radius 3 is 2.78 bits per heavy atom. The van der Waals surface area contributed by atoms with Crippen molar-refractivity contribution in [1.29, 1.82) is 0 Å². The van der Waals surface area contributed by atoms with Gasteiger partial charge in [-0.1, -0.05) is 6.92 Å². The summed E-state index contributed by atoms with van der Waals surface area (Å²) in [4.78, 5) is 14.4. The number of nitrogens with one attached hydrogen (secondary N) is 1. The molecule has 1 aliphatic carbocycles. The summed E-state index contributed by atoms with van der Waals surface area (Å²) >= 11 is 0. The molecule has 2 N–H and O–H groups in total.